The molecule has 0 unspecified atom stereocenters. The van der Waals surface area contributed by atoms with E-state index in [2.05, 4.69) is 13.2 Å². The molecule has 0 N–H and O–H groups in total. The zero-order valence-electron chi connectivity index (χ0n) is 34.6. The summed E-state index contributed by atoms with van der Waals surface area (Å²) in [6.07, 6.45) is -23.8. The molecule has 6 rings (SSSR count). The summed E-state index contributed by atoms with van der Waals surface area (Å²) >= 11 is 0. The van der Waals surface area contributed by atoms with Gasteiger partial charge < -0.3 is 18.9 Å². The van der Waals surface area contributed by atoms with Crippen LogP contribution in [-0.4, -0.2) is 31.8 Å². The van der Waals surface area contributed by atoms with Gasteiger partial charge in [0.15, 0.2) is 23.2 Å². The molecule has 0 aromatic heterocycles. The topological polar surface area (TPSA) is 36.9 Å². The minimum absolute atomic E-state index is 0.0929. The molecule has 0 heterocycles. The lowest BCUT2D eigenvalue weighted by Crippen LogP contribution is -2.54. The minimum Gasteiger partial charge on any atom is -0.497 e. The summed E-state index contributed by atoms with van der Waals surface area (Å²) in [7, 11) is 1.10. The van der Waals surface area contributed by atoms with E-state index in [1.165, 1.54) is 0 Å². The standard InChI is InChI=1S/C47H25F19O4/c1-4-30-32(48)35(51)40(36(52)33(30)49)69-28-18-10-24(11-19-28)43(46(61,62)63,47(64,65)66)25-12-20-29(21-13-25)70-41-37(53)34(50)31(5-2)39(38(41)54)68-27-16-8-23(9-17-27)42(44(55,56)57,45(58,59)60)22-6-14-26(67-3)15-7-22/h4-21H,1-2H2,3H3. The number of hydrogen-bond donors (Lipinski definition) is 0. The third-order valence-electron chi connectivity index (χ3n) is 10.7. The third-order valence-corrected chi connectivity index (χ3v) is 10.7. The van der Waals surface area contributed by atoms with Crippen LogP contribution in [0.4, 0.5) is 83.4 Å². The van der Waals surface area contributed by atoms with Crippen LogP contribution in [-0.2, 0) is 10.8 Å². The van der Waals surface area contributed by atoms with Gasteiger partial charge in [-0.05, 0) is 70.8 Å². The van der Waals surface area contributed by atoms with Gasteiger partial charge in [-0.3, -0.25) is 0 Å². The number of benzene rings is 6. The Hall–Kier alpha value is -7.33. The summed E-state index contributed by atoms with van der Waals surface area (Å²) in [4.78, 5) is 0. The van der Waals surface area contributed by atoms with E-state index < -0.39 is 144 Å². The Morgan fingerprint density at radius 3 is 0.829 bits per heavy atom. The fourth-order valence-electron chi connectivity index (χ4n) is 7.38. The molecule has 0 radical (unpaired) electrons. The van der Waals surface area contributed by atoms with Crippen LogP contribution >= 0.6 is 0 Å². The van der Waals surface area contributed by atoms with Crippen molar-refractivity contribution in [3.63, 3.8) is 0 Å². The predicted octanol–water partition coefficient (Wildman–Crippen LogP) is 16.2. The number of rotatable bonds is 13. The van der Waals surface area contributed by atoms with E-state index in [4.69, 9.17) is 18.9 Å². The molecule has 0 aliphatic carbocycles. The number of ether oxygens (including phenoxy) is 4. The van der Waals surface area contributed by atoms with E-state index >= 15 is 13.2 Å². The Labute approximate surface area is 381 Å². The third kappa shape index (κ3) is 8.58. The van der Waals surface area contributed by atoms with Gasteiger partial charge in [-0.1, -0.05) is 73.8 Å². The highest BCUT2D eigenvalue weighted by Gasteiger charge is 2.73. The Balaban J connectivity index is 1.36. The molecular formula is C47H25F19O4. The molecule has 0 fully saturated rings. The van der Waals surface area contributed by atoms with Gasteiger partial charge in [-0.25, -0.2) is 13.2 Å². The monoisotopic (exact) mass is 1010 g/mol. The van der Waals surface area contributed by atoms with Crippen LogP contribution in [0.25, 0.3) is 12.2 Å². The molecule has 0 bridgehead atoms. The lowest BCUT2D eigenvalue weighted by Gasteiger charge is -2.38. The summed E-state index contributed by atoms with van der Waals surface area (Å²) in [5, 5.41) is 0. The lowest BCUT2D eigenvalue weighted by molar-refractivity contribution is -0.290. The van der Waals surface area contributed by atoms with Gasteiger partial charge in [0, 0.05) is 0 Å². The molecule has 0 saturated carbocycles. The van der Waals surface area contributed by atoms with E-state index in [1.54, 1.807) is 0 Å². The molecule has 6 aromatic carbocycles. The summed E-state index contributed by atoms with van der Waals surface area (Å²) in [5.41, 5.74) is -18.1. The molecule has 0 saturated heterocycles. The molecular weight excluding hydrogens is 989 g/mol. The maximum Gasteiger partial charge on any atom is 0.411 e. The largest absolute Gasteiger partial charge is 0.497 e. The first kappa shape index (κ1) is 52.0. The molecule has 6 aromatic rings. The Kier molecular flexibility index (Phi) is 13.8. The Morgan fingerprint density at radius 2 is 0.571 bits per heavy atom. The number of methoxy groups -OCH3 is 1. The van der Waals surface area contributed by atoms with Crippen LogP contribution in [0.3, 0.4) is 0 Å². The minimum atomic E-state index is -6.30. The average molecular weight is 1010 g/mol. The highest BCUT2D eigenvalue weighted by Crippen LogP contribution is 2.58. The van der Waals surface area contributed by atoms with Crippen LogP contribution < -0.4 is 18.9 Å². The van der Waals surface area contributed by atoms with Gasteiger partial charge in [-0.2, -0.15) is 70.2 Å². The maximum absolute atomic E-state index is 16.1. The van der Waals surface area contributed by atoms with Crippen molar-refractivity contribution in [2.75, 3.05) is 7.11 Å². The second kappa shape index (κ2) is 18.5. The molecule has 0 amide bonds. The lowest BCUT2D eigenvalue weighted by atomic mass is 9.73. The summed E-state index contributed by atoms with van der Waals surface area (Å²) in [6.45, 7) is 6.15. The highest BCUT2D eigenvalue weighted by atomic mass is 19.4. The summed E-state index contributed by atoms with van der Waals surface area (Å²) < 4.78 is 301. The van der Waals surface area contributed by atoms with Crippen LogP contribution in [0.1, 0.15) is 33.4 Å². The van der Waals surface area contributed by atoms with E-state index in [9.17, 15) is 70.2 Å². The zero-order valence-corrected chi connectivity index (χ0v) is 34.6. The van der Waals surface area contributed by atoms with Crippen LogP contribution in [0.15, 0.2) is 110 Å². The van der Waals surface area contributed by atoms with Crippen molar-refractivity contribution in [1.29, 1.82) is 0 Å². The van der Waals surface area contributed by atoms with Gasteiger partial charge in [0.1, 0.15) is 23.0 Å². The van der Waals surface area contributed by atoms with Crippen molar-refractivity contribution in [1.82, 2.24) is 0 Å². The van der Waals surface area contributed by atoms with Gasteiger partial charge in [0.2, 0.25) is 45.6 Å². The molecule has 0 aliphatic heterocycles. The van der Waals surface area contributed by atoms with Crippen LogP contribution in [0, 0.1) is 40.7 Å². The predicted molar refractivity (Wildman–Crippen MR) is 211 cm³/mol. The maximum atomic E-state index is 16.1. The first-order chi connectivity index (χ1) is 32.5. The first-order valence-corrected chi connectivity index (χ1v) is 19.1. The molecule has 0 aliphatic rings. The van der Waals surface area contributed by atoms with Crippen LogP contribution in [0.5, 0.6) is 40.2 Å². The number of hydrogen-bond acceptors (Lipinski definition) is 4. The first-order valence-electron chi connectivity index (χ1n) is 19.1. The van der Waals surface area contributed by atoms with Crippen molar-refractivity contribution in [3.8, 4) is 40.2 Å². The number of halogens is 19. The van der Waals surface area contributed by atoms with E-state index in [0.29, 0.717) is 72.8 Å². The Morgan fingerprint density at radius 1 is 0.329 bits per heavy atom. The molecule has 0 spiro atoms. The molecule has 370 valence electrons. The quantitative estimate of drug-likeness (QED) is 0.0853. The van der Waals surface area contributed by atoms with Crippen molar-refractivity contribution in [3.05, 3.63) is 184 Å². The van der Waals surface area contributed by atoms with E-state index in [1.807, 2.05) is 0 Å². The second-order valence-electron chi connectivity index (χ2n) is 14.5. The van der Waals surface area contributed by atoms with E-state index in [-0.39, 0.29) is 30.0 Å². The van der Waals surface area contributed by atoms with E-state index in [0.717, 1.165) is 19.2 Å². The molecule has 23 heteroatoms. The molecule has 70 heavy (non-hydrogen) atoms. The molecule has 0 atom stereocenters. The average Bonchev–Trinajstić information content (AvgIpc) is 3.28. The van der Waals surface area contributed by atoms with Crippen molar-refractivity contribution in [2.45, 2.75) is 35.5 Å². The second-order valence-corrected chi connectivity index (χ2v) is 14.5. The molecule has 4 nitrogen and oxygen atoms in total. The fraction of sp³-hybridized carbons (Fsp3) is 0.149. The normalized spacial score (nSPS) is 12.7. The smallest absolute Gasteiger partial charge is 0.411 e. The van der Waals surface area contributed by atoms with Gasteiger partial charge in [0.05, 0.1) is 18.2 Å². The highest BCUT2D eigenvalue weighted by molar-refractivity contribution is 5.62. The van der Waals surface area contributed by atoms with Crippen molar-refractivity contribution < 1.29 is 102 Å². The van der Waals surface area contributed by atoms with Gasteiger partial charge >= 0.3 is 24.7 Å². The van der Waals surface area contributed by atoms with Gasteiger partial charge in [0.25, 0.3) is 0 Å². The van der Waals surface area contributed by atoms with Crippen molar-refractivity contribution in [2.24, 2.45) is 0 Å². The number of alkyl halides is 12. The summed E-state index contributed by atoms with van der Waals surface area (Å²) in [6, 6.07) is 6.18. The Bertz CT molecular complexity index is 2860. The zero-order chi connectivity index (χ0) is 52.1. The fourth-order valence-corrected chi connectivity index (χ4v) is 7.38. The van der Waals surface area contributed by atoms with Crippen molar-refractivity contribution >= 4 is 12.2 Å². The summed E-state index contributed by atoms with van der Waals surface area (Å²) in [5.74, 6) is -22.1. The van der Waals surface area contributed by atoms with Crippen LogP contribution in [0.2, 0.25) is 0 Å². The van der Waals surface area contributed by atoms with Gasteiger partial charge in [-0.15, -0.1) is 0 Å². The SMILES string of the molecule is C=Cc1c(F)c(F)c(Oc2ccc(C(c3ccc(Oc4c(F)c(F)c(C=C)c(Oc5ccc(C(c6ccc(OC)cc6)(C(F)(F)F)C(F)(F)F)cc5)c4F)cc3)(C(F)(F)F)C(F)(F)F)cc2)c(F)c1F.